The number of halogens is 2. The Balaban J connectivity index is 1.83. The van der Waals surface area contributed by atoms with Gasteiger partial charge in [-0.1, -0.05) is 59.6 Å². The van der Waals surface area contributed by atoms with Crippen molar-refractivity contribution in [2.45, 2.75) is 37.6 Å². The highest BCUT2D eigenvalue weighted by molar-refractivity contribution is 6.35. The van der Waals surface area contributed by atoms with Crippen molar-refractivity contribution < 1.29 is 4.79 Å². The molecule has 1 aliphatic heterocycles. The molecule has 1 aliphatic carbocycles. The molecule has 0 radical (unpaired) electrons. The summed E-state index contributed by atoms with van der Waals surface area (Å²) in [6.45, 7) is 9.57. The van der Waals surface area contributed by atoms with Crippen LogP contribution in [-0.2, 0) is 4.79 Å². The van der Waals surface area contributed by atoms with Gasteiger partial charge < -0.3 is 4.85 Å². The standard InChI is InChI=1S/C23H18Cl2N2O/c1-13-23(26-2)21(17-9-8-16(24)12-18(17)25)22-19(27-13)10-15(11-20(22)28)14-6-4-3-5-7-14/h3-9,12,15,21,23H,10-11H2,1H3. The summed E-state index contributed by atoms with van der Waals surface area (Å²) in [6, 6.07) is 14.8. The fraction of sp³-hybridized carbons (Fsp3) is 0.261. The molecular weight excluding hydrogens is 391 g/mol. The first-order valence-electron chi connectivity index (χ1n) is 9.17. The van der Waals surface area contributed by atoms with Crippen molar-refractivity contribution in [2.24, 2.45) is 4.99 Å². The van der Waals surface area contributed by atoms with Gasteiger partial charge in [0.1, 0.15) is 0 Å². The number of hydrogen-bond donors (Lipinski definition) is 0. The SMILES string of the molecule is [C-]#[N+]C1C(C)=NC2=C(C(=O)CC(c3ccccc3)C2)C1c1ccc(Cl)cc1Cl. The van der Waals surface area contributed by atoms with Crippen LogP contribution in [0.2, 0.25) is 10.0 Å². The van der Waals surface area contributed by atoms with Crippen LogP contribution in [0.4, 0.5) is 0 Å². The average molecular weight is 409 g/mol. The van der Waals surface area contributed by atoms with E-state index in [0.717, 1.165) is 22.5 Å². The van der Waals surface area contributed by atoms with Crippen molar-refractivity contribution in [3.63, 3.8) is 0 Å². The summed E-state index contributed by atoms with van der Waals surface area (Å²) < 4.78 is 0. The number of carbonyl (C=O) groups excluding carboxylic acids is 1. The Labute approximate surface area is 174 Å². The molecule has 0 saturated carbocycles. The van der Waals surface area contributed by atoms with E-state index in [0.29, 0.717) is 28.5 Å². The minimum atomic E-state index is -0.533. The molecule has 0 amide bonds. The van der Waals surface area contributed by atoms with Gasteiger partial charge in [-0.25, -0.2) is 6.57 Å². The topological polar surface area (TPSA) is 33.8 Å². The summed E-state index contributed by atoms with van der Waals surface area (Å²) in [7, 11) is 0. The van der Waals surface area contributed by atoms with Gasteiger partial charge in [0.2, 0.25) is 0 Å². The van der Waals surface area contributed by atoms with E-state index >= 15 is 0 Å². The molecule has 2 aromatic rings. The van der Waals surface area contributed by atoms with Gasteiger partial charge in [0, 0.05) is 27.7 Å². The van der Waals surface area contributed by atoms with Crippen molar-refractivity contribution >= 4 is 34.7 Å². The Morgan fingerprint density at radius 3 is 2.54 bits per heavy atom. The summed E-state index contributed by atoms with van der Waals surface area (Å²) in [5.74, 6) is -0.246. The number of carbonyl (C=O) groups is 1. The maximum atomic E-state index is 13.2. The van der Waals surface area contributed by atoms with Gasteiger partial charge in [-0.15, -0.1) is 0 Å². The minimum Gasteiger partial charge on any atom is -0.306 e. The van der Waals surface area contributed by atoms with E-state index in [1.54, 1.807) is 12.1 Å². The molecular formula is C23H18Cl2N2O. The second-order valence-corrected chi connectivity index (χ2v) is 8.11. The monoisotopic (exact) mass is 408 g/mol. The molecule has 0 fully saturated rings. The number of rotatable bonds is 2. The minimum absolute atomic E-state index is 0.0519. The maximum absolute atomic E-state index is 13.2. The van der Waals surface area contributed by atoms with Gasteiger partial charge in [-0.05, 0) is 42.5 Å². The van der Waals surface area contributed by atoms with E-state index < -0.39 is 12.0 Å². The Bertz CT molecular complexity index is 1050. The lowest BCUT2D eigenvalue weighted by Gasteiger charge is -2.33. The Morgan fingerprint density at radius 2 is 1.86 bits per heavy atom. The molecule has 0 N–H and O–H groups in total. The normalized spacial score (nSPS) is 24.4. The molecule has 1 heterocycles. The predicted octanol–water partition coefficient (Wildman–Crippen LogP) is 6.24. The number of benzene rings is 2. The van der Waals surface area contributed by atoms with Crippen molar-refractivity contribution in [1.29, 1.82) is 0 Å². The second-order valence-electron chi connectivity index (χ2n) is 7.27. The lowest BCUT2D eigenvalue weighted by molar-refractivity contribution is -0.116. The molecule has 0 bridgehead atoms. The van der Waals surface area contributed by atoms with Crippen molar-refractivity contribution in [1.82, 2.24) is 0 Å². The van der Waals surface area contributed by atoms with Crippen LogP contribution in [0.1, 0.15) is 42.7 Å². The van der Waals surface area contributed by atoms with Crippen LogP contribution in [0.3, 0.4) is 0 Å². The molecule has 4 rings (SSSR count). The third kappa shape index (κ3) is 3.28. The smallest absolute Gasteiger partial charge is 0.272 e. The third-order valence-electron chi connectivity index (χ3n) is 5.56. The average Bonchev–Trinajstić information content (AvgIpc) is 2.67. The summed E-state index contributed by atoms with van der Waals surface area (Å²) in [4.78, 5) is 21.7. The Morgan fingerprint density at radius 1 is 1.11 bits per heavy atom. The van der Waals surface area contributed by atoms with Crippen LogP contribution in [-0.4, -0.2) is 17.5 Å². The molecule has 3 atom stereocenters. The van der Waals surface area contributed by atoms with Gasteiger partial charge in [0.25, 0.3) is 6.04 Å². The fourth-order valence-electron chi connectivity index (χ4n) is 4.26. The lowest BCUT2D eigenvalue weighted by Crippen LogP contribution is -2.34. The molecule has 2 aliphatic rings. The van der Waals surface area contributed by atoms with Gasteiger partial charge in [0.05, 0.1) is 11.6 Å². The van der Waals surface area contributed by atoms with E-state index in [9.17, 15) is 4.79 Å². The first-order chi connectivity index (χ1) is 13.5. The molecule has 3 nitrogen and oxygen atoms in total. The van der Waals surface area contributed by atoms with Gasteiger partial charge in [-0.3, -0.25) is 9.79 Å². The van der Waals surface area contributed by atoms with Gasteiger partial charge in [-0.2, -0.15) is 0 Å². The number of aliphatic imine (C=N–C) groups is 1. The molecule has 0 aromatic heterocycles. The van der Waals surface area contributed by atoms with Crippen molar-refractivity contribution in [3.05, 3.63) is 92.4 Å². The number of hydrogen-bond acceptors (Lipinski definition) is 2. The van der Waals surface area contributed by atoms with Crippen LogP contribution in [0.25, 0.3) is 4.85 Å². The van der Waals surface area contributed by atoms with Crippen LogP contribution in [0.15, 0.2) is 64.8 Å². The Hall–Kier alpha value is -2.41. The highest BCUT2D eigenvalue weighted by Gasteiger charge is 2.45. The van der Waals surface area contributed by atoms with E-state index in [1.807, 2.05) is 31.2 Å². The van der Waals surface area contributed by atoms with E-state index in [1.165, 1.54) is 0 Å². The van der Waals surface area contributed by atoms with Crippen molar-refractivity contribution in [2.75, 3.05) is 0 Å². The second kappa shape index (κ2) is 7.54. The van der Waals surface area contributed by atoms with Crippen molar-refractivity contribution in [3.8, 4) is 0 Å². The van der Waals surface area contributed by atoms with Crippen LogP contribution in [0, 0.1) is 6.57 Å². The summed E-state index contributed by atoms with van der Waals surface area (Å²) in [6.07, 6.45) is 1.11. The third-order valence-corrected chi connectivity index (χ3v) is 6.12. The molecule has 2 aromatic carbocycles. The zero-order chi connectivity index (χ0) is 19.8. The van der Waals surface area contributed by atoms with Crippen LogP contribution < -0.4 is 0 Å². The van der Waals surface area contributed by atoms with E-state index in [4.69, 9.17) is 34.8 Å². The quantitative estimate of drug-likeness (QED) is 0.541. The van der Waals surface area contributed by atoms with E-state index in [-0.39, 0.29) is 11.7 Å². The Kier molecular flexibility index (Phi) is 5.10. The largest absolute Gasteiger partial charge is 0.306 e. The molecule has 0 saturated heterocycles. The molecule has 0 spiro atoms. The van der Waals surface area contributed by atoms with E-state index in [2.05, 4.69) is 17.0 Å². The fourth-order valence-corrected chi connectivity index (χ4v) is 4.78. The highest BCUT2D eigenvalue weighted by Crippen LogP contribution is 2.46. The summed E-state index contributed by atoms with van der Waals surface area (Å²) >= 11 is 12.5. The number of nitrogens with zero attached hydrogens (tertiary/aromatic N) is 2. The van der Waals surface area contributed by atoms with Crippen LogP contribution in [0.5, 0.6) is 0 Å². The highest BCUT2D eigenvalue weighted by atomic mass is 35.5. The summed E-state index contributed by atoms with van der Waals surface area (Å²) in [5, 5.41) is 1.01. The number of Topliss-reactive ketones (excluding diaryl/α,β-unsaturated/α-hetero) is 1. The number of allylic oxidation sites excluding steroid dienone is 1. The van der Waals surface area contributed by atoms with Crippen LogP contribution >= 0.6 is 23.2 Å². The first kappa shape index (κ1) is 18.9. The molecule has 3 unspecified atom stereocenters. The van der Waals surface area contributed by atoms with Gasteiger partial charge >= 0.3 is 0 Å². The lowest BCUT2D eigenvalue weighted by atomic mass is 9.72. The molecule has 5 heteroatoms. The molecule has 140 valence electrons. The number of ketones is 1. The zero-order valence-electron chi connectivity index (χ0n) is 15.3. The molecule has 28 heavy (non-hydrogen) atoms. The predicted molar refractivity (Wildman–Crippen MR) is 113 cm³/mol. The summed E-state index contributed by atoms with van der Waals surface area (Å²) in [5.41, 5.74) is 4.07. The first-order valence-corrected chi connectivity index (χ1v) is 9.93. The maximum Gasteiger partial charge on any atom is 0.272 e. The van der Waals surface area contributed by atoms with Gasteiger partial charge in [0.15, 0.2) is 5.78 Å². The zero-order valence-corrected chi connectivity index (χ0v) is 16.8.